The Morgan fingerprint density at radius 1 is 1.22 bits per heavy atom. The van der Waals surface area contributed by atoms with Crippen LogP contribution in [0, 0.1) is 6.92 Å². The molecule has 0 aliphatic carbocycles. The number of esters is 1. The lowest BCUT2D eigenvalue weighted by molar-refractivity contribution is -0.147. The third kappa shape index (κ3) is 5.88. The van der Waals surface area contributed by atoms with Crippen molar-refractivity contribution in [1.82, 2.24) is 4.31 Å². The van der Waals surface area contributed by atoms with Gasteiger partial charge in [0.05, 0.1) is 4.90 Å². The van der Waals surface area contributed by atoms with Crippen molar-refractivity contribution in [1.29, 1.82) is 0 Å². The number of anilines is 1. The summed E-state index contributed by atoms with van der Waals surface area (Å²) < 4.78 is 30.7. The van der Waals surface area contributed by atoms with Gasteiger partial charge in [0.2, 0.25) is 10.0 Å². The summed E-state index contributed by atoms with van der Waals surface area (Å²) in [5.74, 6) is -0.993. The Morgan fingerprint density at radius 3 is 2.59 bits per heavy atom. The van der Waals surface area contributed by atoms with Crippen LogP contribution in [0.1, 0.15) is 17.5 Å². The van der Waals surface area contributed by atoms with Gasteiger partial charge in [-0.25, -0.2) is 12.7 Å². The fourth-order valence-electron chi connectivity index (χ4n) is 2.25. The Kier molecular flexibility index (Phi) is 7.11. The molecule has 146 valence electrons. The smallest absolute Gasteiger partial charge is 0.306 e. The number of hydrogen-bond donors (Lipinski definition) is 1. The number of sulfonamides is 1. The quantitative estimate of drug-likeness (QED) is 0.675. The summed E-state index contributed by atoms with van der Waals surface area (Å²) >= 11 is 1.55. The molecule has 0 unspecified atom stereocenters. The molecule has 1 aromatic heterocycles. The van der Waals surface area contributed by atoms with Crippen LogP contribution in [-0.2, 0) is 30.8 Å². The van der Waals surface area contributed by atoms with E-state index < -0.39 is 28.5 Å². The van der Waals surface area contributed by atoms with Gasteiger partial charge in [0.25, 0.3) is 5.91 Å². The summed E-state index contributed by atoms with van der Waals surface area (Å²) in [5.41, 5.74) is 1.94. The lowest BCUT2D eigenvalue weighted by Gasteiger charge is -2.15. The number of benzene rings is 1. The van der Waals surface area contributed by atoms with E-state index in [9.17, 15) is 18.0 Å². The highest BCUT2D eigenvalue weighted by Crippen LogP contribution is 2.22. The first-order valence-corrected chi connectivity index (χ1v) is 10.6. The van der Waals surface area contributed by atoms with E-state index in [1.807, 2.05) is 16.8 Å². The minimum absolute atomic E-state index is 0.109. The van der Waals surface area contributed by atoms with Gasteiger partial charge in [-0.05, 0) is 53.4 Å². The molecule has 2 rings (SSSR count). The van der Waals surface area contributed by atoms with Gasteiger partial charge in [0.15, 0.2) is 6.61 Å². The first-order chi connectivity index (χ1) is 12.7. The van der Waals surface area contributed by atoms with Crippen LogP contribution in [0.25, 0.3) is 0 Å². The number of rotatable bonds is 8. The molecule has 0 saturated heterocycles. The van der Waals surface area contributed by atoms with Crippen molar-refractivity contribution >= 4 is 38.9 Å². The number of carbonyl (C=O) groups is 2. The number of nitrogens with zero attached hydrogens (tertiary/aromatic N) is 1. The molecular weight excluding hydrogens is 388 g/mol. The SMILES string of the molecule is Cc1ccc(NC(=O)COC(=O)CCc2ccsc2)cc1S(=O)(=O)N(C)C. The van der Waals surface area contributed by atoms with Crippen molar-refractivity contribution in [3.05, 3.63) is 46.2 Å². The molecule has 0 bridgehead atoms. The van der Waals surface area contributed by atoms with E-state index in [0.717, 1.165) is 9.87 Å². The maximum Gasteiger partial charge on any atom is 0.306 e. The molecule has 0 radical (unpaired) electrons. The number of thiophene rings is 1. The van der Waals surface area contributed by atoms with Gasteiger partial charge in [-0.2, -0.15) is 11.3 Å². The van der Waals surface area contributed by atoms with Gasteiger partial charge in [-0.15, -0.1) is 0 Å². The second-order valence-corrected chi connectivity index (χ2v) is 9.01. The van der Waals surface area contributed by atoms with Crippen molar-refractivity contribution in [3.63, 3.8) is 0 Å². The van der Waals surface area contributed by atoms with E-state index in [2.05, 4.69) is 5.32 Å². The number of hydrogen-bond acceptors (Lipinski definition) is 6. The van der Waals surface area contributed by atoms with E-state index in [1.165, 1.54) is 20.2 Å². The zero-order valence-corrected chi connectivity index (χ0v) is 17.0. The summed E-state index contributed by atoms with van der Waals surface area (Å²) in [6.07, 6.45) is 0.757. The number of nitrogens with one attached hydrogen (secondary N) is 1. The Hall–Kier alpha value is -2.23. The highest BCUT2D eigenvalue weighted by Gasteiger charge is 2.20. The lowest BCUT2D eigenvalue weighted by Crippen LogP contribution is -2.24. The van der Waals surface area contributed by atoms with Gasteiger partial charge < -0.3 is 10.1 Å². The summed E-state index contributed by atoms with van der Waals surface area (Å²) in [6, 6.07) is 6.53. The molecule has 0 saturated carbocycles. The Morgan fingerprint density at radius 2 is 1.96 bits per heavy atom. The molecule has 27 heavy (non-hydrogen) atoms. The van der Waals surface area contributed by atoms with Crippen molar-refractivity contribution in [3.8, 4) is 0 Å². The fourth-order valence-corrected chi connectivity index (χ4v) is 4.10. The zero-order chi connectivity index (χ0) is 20.0. The fraction of sp³-hybridized carbons (Fsp3) is 0.333. The number of ether oxygens (including phenoxy) is 1. The Balaban J connectivity index is 1.91. The second-order valence-electron chi connectivity index (χ2n) is 6.11. The summed E-state index contributed by atoms with van der Waals surface area (Å²) in [4.78, 5) is 23.8. The Labute approximate surface area is 163 Å². The van der Waals surface area contributed by atoms with E-state index in [0.29, 0.717) is 17.7 Å². The topological polar surface area (TPSA) is 92.8 Å². The molecule has 0 fully saturated rings. The normalized spacial score (nSPS) is 11.4. The van der Waals surface area contributed by atoms with E-state index in [-0.39, 0.29) is 11.3 Å². The van der Waals surface area contributed by atoms with Crippen LogP contribution in [0.4, 0.5) is 5.69 Å². The van der Waals surface area contributed by atoms with Crippen LogP contribution in [0.2, 0.25) is 0 Å². The molecule has 1 N–H and O–H groups in total. The molecule has 7 nitrogen and oxygen atoms in total. The lowest BCUT2D eigenvalue weighted by atomic mass is 10.2. The second kappa shape index (κ2) is 9.12. The van der Waals surface area contributed by atoms with Crippen LogP contribution in [0.3, 0.4) is 0 Å². The predicted octanol–water partition coefficient (Wildman–Crippen LogP) is 2.42. The van der Waals surface area contributed by atoms with Gasteiger partial charge in [-0.1, -0.05) is 6.07 Å². The van der Waals surface area contributed by atoms with Crippen LogP contribution in [-0.4, -0.2) is 45.3 Å². The molecule has 0 aliphatic heterocycles. The predicted molar refractivity (Wildman–Crippen MR) is 104 cm³/mol. The van der Waals surface area contributed by atoms with Crippen molar-refractivity contribution in [2.24, 2.45) is 0 Å². The molecule has 0 atom stereocenters. The third-order valence-electron chi connectivity index (χ3n) is 3.79. The van der Waals surface area contributed by atoms with Gasteiger partial charge in [0, 0.05) is 26.2 Å². The van der Waals surface area contributed by atoms with E-state index in [4.69, 9.17) is 4.74 Å². The zero-order valence-electron chi connectivity index (χ0n) is 15.4. The molecule has 2 aromatic rings. The highest BCUT2D eigenvalue weighted by atomic mass is 32.2. The number of amides is 1. The van der Waals surface area contributed by atoms with Gasteiger partial charge >= 0.3 is 5.97 Å². The molecule has 1 aromatic carbocycles. The first-order valence-electron chi connectivity index (χ1n) is 8.20. The Bertz CT molecular complexity index is 906. The third-order valence-corrected chi connectivity index (χ3v) is 6.48. The van der Waals surface area contributed by atoms with Gasteiger partial charge in [0.1, 0.15) is 0 Å². The van der Waals surface area contributed by atoms with E-state index in [1.54, 1.807) is 30.4 Å². The summed E-state index contributed by atoms with van der Waals surface area (Å²) in [6.45, 7) is 1.25. The maximum atomic E-state index is 12.3. The summed E-state index contributed by atoms with van der Waals surface area (Å²) in [5, 5.41) is 6.43. The minimum Gasteiger partial charge on any atom is -0.456 e. The van der Waals surface area contributed by atoms with Crippen LogP contribution >= 0.6 is 11.3 Å². The van der Waals surface area contributed by atoms with Crippen molar-refractivity contribution in [2.45, 2.75) is 24.7 Å². The van der Waals surface area contributed by atoms with Gasteiger partial charge in [-0.3, -0.25) is 9.59 Å². The molecule has 1 heterocycles. The molecule has 9 heteroatoms. The van der Waals surface area contributed by atoms with Crippen LogP contribution in [0.15, 0.2) is 39.9 Å². The minimum atomic E-state index is -3.62. The average Bonchev–Trinajstić information content (AvgIpc) is 3.13. The molecular formula is C18H22N2O5S2. The standard InChI is InChI=1S/C18H22N2O5S2/c1-13-4-6-15(10-16(13)27(23,24)20(2)3)19-17(21)11-25-18(22)7-5-14-8-9-26-12-14/h4,6,8-10,12H,5,7,11H2,1-3H3,(H,19,21). The first kappa shape index (κ1) is 21.1. The largest absolute Gasteiger partial charge is 0.456 e. The monoisotopic (exact) mass is 410 g/mol. The van der Waals surface area contributed by atoms with Crippen molar-refractivity contribution in [2.75, 3.05) is 26.0 Å². The van der Waals surface area contributed by atoms with Crippen LogP contribution < -0.4 is 5.32 Å². The number of carbonyl (C=O) groups excluding carboxylic acids is 2. The molecule has 0 aliphatic rings. The van der Waals surface area contributed by atoms with Crippen molar-refractivity contribution < 1.29 is 22.7 Å². The number of aryl methyl sites for hydroxylation is 2. The molecule has 1 amide bonds. The average molecular weight is 411 g/mol. The summed E-state index contributed by atoms with van der Waals surface area (Å²) in [7, 11) is -0.743. The maximum absolute atomic E-state index is 12.3. The highest BCUT2D eigenvalue weighted by molar-refractivity contribution is 7.89. The van der Waals surface area contributed by atoms with E-state index >= 15 is 0 Å². The van der Waals surface area contributed by atoms with Crippen LogP contribution in [0.5, 0.6) is 0 Å². The molecule has 0 spiro atoms.